The number of halogens is 4. The molecule has 8 heteroatoms. The molecule has 1 aliphatic heterocycles. The third kappa shape index (κ3) is 4.16. The molecule has 30 heavy (non-hydrogen) atoms. The summed E-state index contributed by atoms with van der Waals surface area (Å²) in [6.45, 7) is 0.368. The number of likely N-dealkylation sites (tertiary alicyclic amines) is 1. The highest BCUT2D eigenvalue weighted by Crippen LogP contribution is 2.36. The van der Waals surface area contributed by atoms with E-state index in [9.17, 15) is 18.0 Å². The number of carbonyl (C=O) groups is 1. The summed E-state index contributed by atoms with van der Waals surface area (Å²) in [5, 5.41) is 2.59. The quantitative estimate of drug-likeness (QED) is 0.525. The normalized spacial score (nSPS) is 21.6. The monoisotopic (exact) mass is 529 g/mol. The molecule has 1 aliphatic carbocycles. The van der Waals surface area contributed by atoms with Gasteiger partial charge < -0.3 is 16.0 Å². The van der Waals surface area contributed by atoms with Crippen LogP contribution in [0.3, 0.4) is 0 Å². The van der Waals surface area contributed by atoms with Gasteiger partial charge in [0, 0.05) is 22.2 Å². The van der Waals surface area contributed by atoms with Crippen LogP contribution in [0.4, 0.5) is 24.5 Å². The minimum absolute atomic E-state index is 0.0308. The summed E-state index contributed by atoms with van der Waals surface area (Å²) in [4.78, 5) is 14.8. The van der Waals surface area contributed by atoms with Gasteiger partial charge in [-0.15, -0.1) is 0 Å². The van der Waals surface area contributed by atoms with Crippen LogP contribution in [0.1, 0.15) is 42.5 Å². The van der Waals surface area contributed by atoms with Crippen LogP contribution >= 0.6 is 22.6 Å². The molecule has 0 spiro atoms. The predicted octanol–water partition coefficient (Wildman–Crippen LogP) is 5.18. The molecule has 0 aromatic heterocycles. The molecule has 1 saturated heterocycles. The number of rotatable bonds is 5. The minimum atomic E-state index is -1.21. The SMILES string of the molecule is NC1CN(C(=O)c2ccc(F)c(F)c2Nc2ccc(I)cc2F)C1CC1CCCC1. The van der Waals surface area contributed by atoms with E-state index in [2.05, 4.69) is 5.32 Å². The van der Waals surface area contributed by atoms with Gasteiger partial charge in [-0.1, -0.05) is 25.7 Å². The fourth-order valence-corrected chi connectivity index (χ4v) is 4.88. The molecule has 1 heterocycles. The first-order valence-corrected chi connectivity index (χ1v) is 11.2. The van der Waals surface area contributed by atoms with Crippen molar-refractivity contribution in [1.82, 2.24) is 4.90 Å². The Morgan fingerprint density at radius 2 is 1.87 bits per heavy atom. The van der Waals surface area contributed by atoms with E-state index in [1.807, 2.05) is 22.6 Å². The Labute approximate surface area is 187 Å². The van der Waals surface area contributed by atoms with Gasteiger partial charge in [0.2, 0.25) is 0 Å². The maximum atomic E-state index is 14.6. The van der Waals surface area contributed by atoms with Crippen molar-refractivity contribution in [3.8, 4) is 0 Å². The average molecular weight is 529 g/mol. The second-order valence-electron chi connectivity index (χ2n) is 8.11. The lowest BCUT2D eigenvalue weighted by atomic mass is 9.86. The van der Waals surface area contributed by atoms with Crippen molar-refractivity contribution in [2.45, 2.75) is 44.2 Å². The number of benzene rings is 2. The molecule has 0 radical (unpaired) electrons. The lowest BCUT2D eigenvalue weighted by Gasteiger charge is -2.47. The zero-order chi connectivity index (χ0) is 21.4. The molecule has 2 unspecified atom stereocenters. The molecule has 160 valence electrons. The van der Waals surface area contributed by atoms with Gasteiger partial charge >= 0.3 is 0 Å². The van der Waals surface area contributed by atoms with Crippen LogP contribution in [-0.4, -0.2) is 29.4 Å². The Balaban J connectivity index is 1.61. The summed E-state index contributed by atoms with van der Waals surface area (Å²) in [7, 11) is 0. The van der Waals surface area contributed by atoms with Crippen molar-refractivity contribution in [2.24, 2.45) is 11.7 Å². The first-order chi connectivity index (χ1) is 14.3. The summed E-state index contributed by atoms with van der Waals surface area (Å²) in [6, 6.07) is 6.26. The van der Waals surface area contributed by atoms with Gasteiger partial charge in [-0.05, 0) is 65.3 Å². The van der Waals surface area contributed by atoms with E-state index in [1.54, 1.807) is 11.0 Å². The van der Waals surface area contributed by atoms with Crippen LogP contribution in [0.15, 0.2) is 30.3 Å². The summed E-state index contributed by atoms with van der Waals surface area (Å²) in [5.74, 6) is -2.82. The topological polar surface area (TPSA) is 58.4 Å². The molecule has 2 aliphatic rings. The highest BCUT2D eigenvalue weighted by molar-refractivity contribution is 14.1. The largest absolute Gasteiger partial charge is 0.350 e. The average Bonchev–Trinajstić information content (AvgIpc) is 3.23. The van der Waals surface area contributed by atoms with E-state index in [-0.39, 0.29) is 29.0 Å². The molecule has 2 aromatic rings. The van der Waals surface area contributed by atoms with Crippen molar-refractivity contribution in [3.63, 3.8) is 0 Å². The van der Waals surface area contributed by atoms with E-state index < -0.39 is 23.4 Å². The van der Waals surface area contributed by atoms with Crippen LogP contribution in [0.2, 0.25) is 0 Å². The number of hydrogen-bond donors (Lipinski definition) is 2. The second kappa shape index (κ2) is 8.74. The van der Waals surface area contributed by atoms with E-state index in [1.165, 1.54) is 31.0 Å². The maximum Gasteiger partial charge on any atom is 0.256 e. The lowest BCUT2D eigenvalue weighted by molar-refractivity contribution is 0.0302. The third-order valence-corrected chi connectivity index (χ3v) is 6.80. The molecule has 4 nitrogen and oxygen atoms in total. The molecule has 1 saturated carbocycles. The molecular weight excluding hydrogens is 506 g/mol. The van der Waals surface area contributed by atoms with Crippen LogP contribution < -0.4 is 11.1 Å². The van der Waals surface area contributed by atoms with Gasteiger partial charge in [0.15, 0.2) is 11.6 Å². The van der Waals surface area contributed by atoms with Crippen LogP contribution in [0, 0.1) is 26.9 Å². The second-order valence-corrected chi connectivity index (χ2v) is 9.35. The van der Waals surface area contributed by atoms with Gasteiger partial charge in [-0.2, -0.15) is 0 Å². The van der Waals surface area contributed by atoms with Gasteiger partial charge in [-0.3, -0.25) is 4.79 Å². The molecule has 4 rings (SSSR count). The number of nitrogens with zero attached hydrogens (tertiary/aromatic N) is 1. The Hall–Kier alpha value is -1.81. The molecule has 2 aromatic carbocycles. The Morgan fingerprint density at radius 1 is 1.13 bits per heavy atom. The number of hydrogen-bond acceptors (Lipinski definition) is 3. The van der Waals surface area contributed by atoms with Crippen molar-refractivity contribution >= 4 is 39.9 Å². The Morgan fingerprint density at radius 3 is 2.53 bits per heavy atom. The Kier molecular flexibility index (Phi) is 6.24. The van der Waals surface area contributed by atoms with Gasteiger partial charge in [0.1, 0.15) is 5.82 Å². The smallest absolute Gasteiger partial charge is 0.256 e. The molecule has 1 amide bonds. The third-order valence-electron chi connectivity index (χ3n) is 6.13. The fourth-order valence-electron chi connectivity index (χ4n) is 4.43. The summed E-state index contributed by atoms with van der Waals surface area (Å²) in [6.07, 6.45) is 5.48. The first-order valence-electron chi connectivity index (χ1n) is 10.1. The number of amides is 1. The Bertz CT molecular complexity index is 965. The van der Waals surface area contributed by atoms with E-state index >= 15 is 0 Å². The van der Waals surface area contributed by atoms with Gasteiger partial charge in [0.05, 0.1) is 16.9 Å². The number of anilines is 2. The summed E-state index contributed by atoms with van der Waals surface area (Å²) >= 11 is 1.95. The van der Waals surface area contributed by atoms with E-state index in [0.29, 0.717) is 16.0 Å². The van der Waals surface area contributed by atoms with Crippen LogP contribution in [-0.2, 0) is 0 Å². The van der Waals surface area contributed by atoms with E-state index in [4.69, 9.17) is 5.73 Å². The van der Waals surface area contributed by atoms with Crippen molar-refractivity contribution in [3.05, 3.63) is 56.9 Å². The summed E-state index contributed by atoms with van der Waals surface area (Å²) in [5.41, 5.74) is 5.74. The molecule has 3 N–H and O–H groups in total. The van der Waals surface area contributed by atoms with Gasteiger partial charge in [-0.25, -0.2) is 13.2 Å². The first kappa shape index (κ1) is 21.4. The highest BCUT2D eigenvalue weighted by atomic mass is 127. The van der Waals surface area contributed by atoms with E-state index in [0.717, 1.165) is 25.3 Å². The summed E-state index contributed by atoms with van der Waals surface area (Å²) < 4.78 is 43.5. The highest BCUT2D eigenvalue weighted by Gasteiger charge is 2.42. The number of carbonyl (C=O) groups excluding carboxylic acids is 1. The standard InChI is InChI=1S/C22H23F3IN3O/c23-15-7-6-14(21(20(15)25)28-18-8-5-13(26)10-16(18)24)22(30)29-11-17(27)19(29)9-12-3-1-2-4-12/h5-8,10,12,17,19,28H,1-4,9,11,27H2. The zero-order valence-electron chi connectivity index (χ0n) is 16.3. The predicted molar refractivity (Wildman–Crippen MR) is 118 cm³/mol. The zero-order valence-corrected chi connectivity index (χ0v) is 18.5. The van der Waals surface area contributed by atoms with Crippen molar-refractivity contribution < 1.29 is 18.0 Å². The van der Waals surface area contributed by atoms with Gasteiger partial charge in [0.25, 0.3) is 5.91 Å². The molecule has 0 bridgehead atoms. The maximum absolute atomic E-state index is 14.6. The minimum Gasteiger partial charge on any atom is -0.350 e. The molecule has 2 atom stereocenters. The number of nitrogens with one attached hydrogen (secondary N) is 1. The fraction of sp³-hybridized carbons (Fsp3) is 0.409. The lowest BCUT2D eigenvalue weighted by Crippen LogP contribution is -2.66. The van der Waals surface area contributed by atoms with Crippen LogP contribution in [0.5, 0.6) is 0 Å². The van der Waals surface area contributed by atoms with Crippen LogP contribution in [0.25, 0.3) is 0 Å². The van der Waals surface area contributed by atoms with Crippen molar-refractivity contribution in [1.29, 1.82) is 0 Å². The molecule has 2 fully saturated rings. The van der Waals surface area contributed by atoms with Crippen molar-refractivity contribution in [2.75, 3.05) is 11.9 Å². The molecular formula is C22H23F3IN3O. The number of nitrogens with two attached hydrogens (primary N) is 1.